The van der Waals surface area contributed by atoms with E-state index in [1.807, 2.05) is 0 Å². The van der Waals surface area contributed by atoms with Crippen LogP contribution in [-0.2, 0) is 6.18 Å². The monoisotopic (exact) mass is 426 g/mol. The number of nitrogens with zero attached hydrogens (tertiary/aromatic N) is 4. The van der Waals surface area contributed by atoms with Crippen LogP contribution in [0.3, 0.4) is 0 Å². The van der Waals surface area contributed by atoms with Crippen LogP contribution in [0.25, 0.3) is 0 Å². The molecule has 1 aliphatic heterocycles. The van der Waals surface area contributed by atoms with Crippen molar-refractivity contribution in [1.82, 2.24) is 14.9 Å². The van der Waals surface area contributed by atoms with Crippen LogP contribution in [0.2, 0.25) is 0 Å². The molecule has 0 unspecified atom stereocenters. The molecular formula is C18H18F4N6O2. The summed E-state index contributed by atoms with van der Waals surface area (Å²) in [6.07, 6.45) is -2.82. The van der Waals surface area contributed by atoms with Gasteiger partial charge in [0.1, 0.15) is 5.75 Å². The highest BCUT2D eigenvalue weighted by molar-refractivity contribution is 5.97. The first-order valence-electron chi connectivity index (χ1n) is 8.70. The number of anilines is 1. The van der Waals surface area contributed by atoms with E-state index in [-0.39, 0.29) is 24.6 Å². The second-order valence-corrected chi connectivity index (χ2v) is 6.73. The number of phenolic OH excluding ortho intramolecular Hbond substituents is 1. The molecule has 3 rings (SSSR count). The van der Waals surface area contributed by atoms with E-state index in [9.17, 15) is 27.5 Å². The van der Waals surface area contributed by atoms with Crippen molar-refractivity contribution in [3.8, 4) is 5.75 Å². The maximum Gasteiger partial charge on any atom is 0.419 e. The molecule has 2 aromatic rings. The van der Waals surface area contributed by atoms with Crippen molar-refractivity contribution in [3.05, 3.63) is 58.9 Å². The normalized spacial score (nSPS) is 17.3. The molecule has 12 heteroatoms. The summed E-state index contributed by atoms with van der Waals surface area (Å²) in [6.45, 7) is 1.49. The smallest absolute Gasteiger partial charge is 0.419 e. The first-order valence-corrected chi connectivity index (χ1v) is 8.70. The average molecular weight is 426 g/mol. The molecule has 0 saturated carbocycles. The van der Waals surface area contributed by atoms with E-state index < -0.39 is 40.8 Å². The van der Waals surface area contributed by atoms with Crippen LogP contribution in [-0.4, -0.2) is 38.5 Å². The van der Waals surface area contributed by atoms with Gasteiger partial charge in [0.05, 0.1) is 35.8 Å². The fourth-order valence-electron chi connectivity index (χ4n) is 3.13. The fourth-order valence-corrected chi connectivity index (χ4v) is 3.13. The van der Waals surface area contributed by atoms with Gasteiger partial charge in [0.25, 0.3) is 5.91 Å². The largest absolute Gasteiger partial charge is 0.506 e. The predicted octanol–water partition coefficient (Wildman–Crippen LogP) is 2.13. The van der Waals surface area contributed by atoms with Gasteiger partial charge in [-0.1, -0.05) is 6.07 Å². The molecule has 160 valence electrons. The van der Waals surface area contributed by atoms with Gasteiger partial charge in [-0.2, -0.15) is 13.2 Å². The molecule has 0 radical (unpaired) electrons. The highest BCUT2D eigenvalue weighted by atomic mass is 19.4. The van der Waals surface area contributed by atoms with Crippen molar-refractivity contribution >= 4 is 11.9 Å². The van der Waals surface area contributed by atoms with Gasteiger partial charge < -0.3 is 15.7 Å². The summed E-state index contributed by atoms with van der Waals surface area (Å²) in [5, 5.41) is 11.1. The number of carbonyl (C=O) groups is 1. The number of alkyl halides is 3. The van der Waals surface area contributed by atoms with Gasteiger partial charge in [-0.25, -0.2) is 25.2 Å². The molecule has 1 amide bonds. The molecule has 30 heavy (non-hydrogen) atoms. The molecule has 5 N–H and O–H groups in total. The van der Waals surface area contributed by atoms with Crippen LogP contribution in [0.5, 0.6) is 5.75 Å². The Morgan fingerprint density at radius 2 is 1.93 bits per heavy atom. The lowest BCUT2D eigenvalue weighted by molar-refractivity contribution is -0.138. The Kier molecular flexibility index (Phi) is 5.53. The van der Waals surface area contributed by atoms with E-state index in [1.54, 1.807) is 6.92 Å². The van der Waals surface area contributed by atoms with Crippen molar-refractivity contribution in [2.24, 2.45) is 11.6 Å². The molecule has 1 atom stereocenters. The number of benzene rings is 1. The quantitative estimate of drug-likeness (QED) is 0.390. The molecule has 0 fully saturated rings. The Labute approximate surface area is 168 Å². The summed E-state index contributed by atoms with van der Waals surface area (Å²) in [5.41, 5.74) is 4.79. The standard InChI is InChI=1S/C18H18F4N6O2/c1-9-5-14(28(24)17-25-6-10(19)7-26-17)13(23)8-27(9)16(30)11-3-2-4-12(15(11)29)18(20,21)22/h2-4,6-7,9,29H,5,8,23-24H2,1H3/t9-/m0/s1. The lowest BCUT2D eigenvalue weighted by atomic mass is 10.0. The number of para-hydroxylation sites is 1. The van der Waals surface area contributed by atoms with Crippen LogP contribution >= 0.6 is 0 Å². The average Bonchev–Trinajstić information content (AvgIpc) is 2.68. The Balaban J connectivity index is 1.88. The third-order valence-corrected chi connectivity index (χ3v) is 4.68. The highest BCUT2D eigenvalue weighted by Crippen LogP contribution is 2.38. The summed E-state index contributed by atoms with van der Waals surface area (Å²) in [6, 6.07) is 2.31. The third-order valence-electron chi connectivity index (χ3n) is 4.68. The number of hydrogen-bond acceptors (Lipinski definition) is 7. The number of carbonyl (C=O) groups excluding carboxylic acids is 1. The Morgan fingerprint density at radius 3 is 2.53 bits per heavy atom. The van der Waals surface area contributed by atoms with E-state index in [1.165, 1.54) is 4.90 Å². The zero-order chi connectivity index (χ0) is 22.2. The first-order chi connectivity index (χ1) is 14.0. The molecule has 1 aromatic heterocycles. The summed E-state index contributed by atoms with van der Waals surface area (Å²) >= 11 is 0. The van der Waals surface area contributed by atoms with Crippen molar-refractivity contribution in [1.29, 1.82) is 0 Å². The van der Waals surface area contributed by atoms with Gasteiger partial charge in [0, 0.05) is 18.2 Å². The van der Waals surface area contributed by atoms with Gasteiger partial charge in [0.15, 0.2) is 5.82 Å². The summed E-state index contributed by atoms with van der Waals surface area (Å²) < 4.78 is 52.1. The molecule has 0 spiro atoms. The van der Waals surface area contributed by atoms with Crippen LogP contribution in [0.15, 0.2) is 42.0 Å². The topological polar surface area (TPSA) is 122 Å². The van der Waals surface area contributed by atoms with Gasteiger partial charge in [-0.3, -0.25) is 4.79 Å². The molecular weight excluding hydrogens is 408 g/mol. The number of aromatic nitrogens is 2. The summed E-state index contributed by atoms with van der Waals surface area (Å²) in [4.78, 5) is 21.6. The number of phenols is 1. The molecule has 0 saturated heterocycles. The fraction of sp³-hybridized carbons (Fsp3) is 0.278. The summed E-state index contributed by atoms with van der Waals surface area (Å²) in [7, 11) is 0. The number of rotatable bonds is 3. The van der Waals surface area contributed by atoms with Crippen molar-refractivity contribution < 1.29 is 27.5 Å². The molecule has 8 nitrogen and oxygen atoms in total. The van der Waals surface area contributed by atoms with Crippen molar-refractivity contribution in [2.45, 2.75) is 25.6 Å². The van der Waals surface area contributed by atoms with Crippen LogP contribution in [0, 0.1) is 5.82 Å². The zero-order valence-electron chi connectivity index (χ0n) is 15.7. The lowest BCUT2D eigenvalue weighted by Gasteiger charge is -2.37. The van der Waals surface area contributed by atoms with Gasteiger partial charge >= 0.3 is 6.18 Å². The minimum absolute atomic E-state index is 0.0168. The third kappa shape index (κ3) is 3.99. The minimum Gasteiger partial charge on any atom is -0.506 e. The number of nitrogens with two attached hydrogens (primary N) is 2. The second kappa shape index (κ2) is 7.78. The highest BCUT2D eigenvalue weighted by Gasteiger charge is 2.37. The second-order valence-electron chi connectivity index (χ2n) is 6.73. The van der Waals surface area contributed by atoms with Gasteiger partial charge in [0.2, 0.25) is 5.95 Å². The van der Waals surface area contributed by atoms with Crippen LogP contribution in [0.1, 0.15) is 29.3 Å². The van der Waals surface area contributed by atoms with Crippen LogP contribution < -0.4 is 16.6 Å². The molecule has 1 aliphatic rings. The van der Waals surface area contributed by atoms with E-state index in [4.69, 9.17) is 11.6 Å². The van der Waals surface area contributed by atoms with Gasteiger partial charge in [-0.05, 0) is 19.1 Å². The molecule has 1 aromatic carbocycles. The molecule has 0 aliphatic carbocycles. The molecule has 0 bridgehead atoms. The van der Waals surface area contributed by atoms with Crippen molar-refractivity contribution in [3.63, 3.8) is 0 Å². The first kappa shape index (κ1) is 21.3. The Bertz CT molecular complexity index is 993. The Morgan fingerprint density at radius 1 is 1.30 bits per heavy atom. The Hall–Kier alpha value is -3.41. The number of aromatic hydroxyl groups is 1. The van der Waals surface area contributed by atoms with Crippen molar-refractivity contribution in [2.75, 3.05) is 11.6 Å². The maximum atomic E-state index is 13.0. The molecule has 2 heterocycles. The van der Waals surface area contributed by atoms with E-state index >= 15 is 0 Å². The lowest BCUT2D eigenvalue weighted by Crippen LogP contribution is -2.48. The van der Waals surface area contributed by atoms with Gasteiger partial charge in [-0.15, -0.1) is 0 Å². The van der Waals surface area contributed by atoms with Crippen LogP contribution in [0.4, 0.5) is 23.5 Å². The zero-order valence-corrected chi connectivity index (χ0v) is 15.7. The number of hydrazine groups is 1. The minimum atomic E-state index is -4.81. The van der Waals surface area contributed by atoms with E-state index in [0.717, 1.165) is 29.5 Å². The SMILES string of the molecule is C[C@H]1CC(N(N)c2ncc(F)cn2)=C(N)CN1C(=O)c1cccc(C(F)(F)F)c1O. The number of hydrogen-bond donors (Lipinski definition) is 3. The number of amides is 1. The summed E-state index contributed by atoms with van der Waals surface area (Å²) in [5.74, 6) is 3.36. The van der Waals surface area contributed by atoms with E-state index in [2.05, 4.69) is 9.97 Å². The number of halogens is 4. The predicted molar refractivity (Wildman–Crippen MR) is 98.1 cm³/mol. The maximum absolute atomic E-state index is 13.0. The van der Waals surface area contributed by atoms with E-state index in [0.29, 0.717) is 11.8 Å².